The zero-order chi connectivity index (χ0) is 11.0. The maximum atomic E-state index is 6.07. The summed E-state index contributed by atoms with van der Waals surface area (Å²) in [5.41, 5.74) is 7.14. The Morgan fingerprint density at radius 3 is 2.73 bits per heavy atom. The molecule has 0 radical (unpaired) electrons. The first kappa shape index (κ1) is 10.1. The Hall–Kier alpha value is -1.43. The highest BCUT2D eigenvalue weighted by Crippen LogP contribution is 2.42. The van der Waals surface area contributed by atoms with E-state index in [1.54, 1.807) is 0 Å². The van der Waals surface area contributed by atoms with Crippen LogP contribution in [-0.2, 0) is 6.54 Å². The van der Waals surface area contributed by atoms with Gasteiger partial charge in [-0.3, -0.25) is 0 Å². The molecule has 1 heterocycles. The van der Waals surface area contributed by atoms with Gasteiger partial charge in [0.25, 0.3) is 0 Å². The van der Waals surface area contributed by atoms with Crippen molar-refractivity contribution in [1.82, 2.24) is 9.55 Å². The molecule has 1 aliphatic rings. The molecular weight excluding hydrogens is 186 g/mol. The van der Waals surface area contributed by atoms with Crippen molar-refractivity contribution in [2.24, 2.45) is 0 Å². The normalized spacial score (nSPS) is 15.6. The largest absolute Gasteiger partial charge is 0.384 e. The lowest BCUT2D eigenvalue weighted by atomic mass is 10.2. The van der Waals surface area contributed by atoms with E-state index in [2.05, 4.69) is 24.8 Å². The first-order valence-corrected chi connectivity index (χ1v) is 5.44. The minimum absolute atomic E-state index is 0.369. The van der Waals surface area contributed by atoms with E-state index in [-0.39, 0.29) is 0 Å². The van der Waals surface area contributed by atoms with Gasteiger partial charge in [0.2, 0.25) is 0 Å². The second-order valence-corrected chi connectivity index (χ2v) is 4.46. The molecule has 2 N–H and O–H groups in total. The van der Waals surface area contributed by atoms with Gasteiger partial charge in [0, 0.05) is 11.8 Å². The van der Waals surface area contributed by atoms with Crippen molar-refractivity contribution >= 4 is 5.82 Å². The number of rotatable bonds is 3. The second kappa shape index (κ2) is 3.62. The van der Waals surface area contributed by atoms with E-state index in [9.17, 15) is 0 Å². The summed E-state index contributed by atoms with van der Waals surface area (Å²) >= 11 is 0. The summed E-state index contributed by atoms with van der Waals surface area (Å²) in [5, 5.41) is 0. The van der Waals surface area contributed by atoms with Crippen LogP contribution in [0.25, 0.3) is 0 Å². The van der Waals surface area contributed by atoms with E-state index in [1.165, 1.54) is 12.8 Å². The predicted octanol–water partition coefficient (Wildman–Crippen LogP) is 2.10. The van der Waals surface area contributed by atoms with Crippen molar-refractivity contribution in [2.45, 2.75) is 45.1 Å². The zero-order valence-corrected chi connectivity index (χ0v) is 9.33. The number of hydrogen-bond donors (Lipinski definition) is 1. The van der Waals surface area contributed by atoms with E-state index in [0.29, 0.717) is 18.4 Å². The van der Waals surface area contributed by atoms with Crippen LogP contribution in [0.2, 0.25) is 0 Å². The monoisotopic (exact) mass is 203 g/mol. The van der Waals surface area contributed by atoms with Crippen LogP contribution in [0, 0.1) is 12.3 Å². The third-order valence-electron chi connectivity index (χ3n) is 2.79. The van der Waals surface area contributed by atoms with Crippen molar-refractivity contribution in [3.63, 3.8) is 0 Å². The molecule has 80 valence electrons. The fourth-order valence-electron chi connectivity index (χ4n) is 1.86. The summed E-state index contributed by atoms with van der Waals surface area (Å²) in [7, 11) is 0. The van der Waals surface area contributed by atoms with Gasteiger partial charge in [0.05, 0.1) is 12.2 Å². The van der Waals surface area contributed by atoms with Crippen LogP contribution < -0.4 is 5.73 Å². The highest BCUT2D eigenvalue weighted by atomic mass is 15.1. The van der Waals surface area contributed by atoms with Gasteiger partial charge in [0.15, 0.2) is 0 Å². The lowest BCUT2D eigenvalue weighted by molar-refractivity contribution is 0.690. The van der Waals surface area contributed by atoms with Gasteiger partial charge in [-0.2, -0.15) is 0 Å². The first-order valence-electron chi connectivity index (χ1n) is 5.44. The summed E-state index contributed by atoms with van der Waals surface area (Å²) < 4.78 is 1.97. The standard InChI is InChI=1S/C12H17N3/c1-4-7-15-11(13)10(9-5-6-9)14-12(15)8(2)3/h1,8-9H,5-7,13H2,2-3H3. The average Bonchev–Trinajstić information content (AvgIpc) is 2.95. The van der Waals surface area contributed by atoms with E-state index >= 15 is 0 Å². The average molecular weight is 203 g/mol. The van der Waals surface area contributed by atoms with Crippen LogP contribution in [-0.4, -0.2) is 9.55 Å². The molecule has 0 bridgehead atoms. The molecule has 0 unspecified atom stereocenters. The summed E-state index contributed by atoms with van der Waals surface area (Å²) in [4.78, 5) is 4.63. The predicted molar refractivity (Wildman–Crippen MR) is 61.5 cm³/mol. The lowest BCUT2D eigenvalue weighted by Crippen LogP contribution is -2.07. The molecule has 0 atom stereocenters. The van der Waals surface area contributed by atoms with Gasteiger partial charge in [0.1, 0.15) is 11.6 Å². The molecule has 2 rings (SSSR count). The number of nitrogens with zero attached hydrogens (tertiary/aromatic N) is 2. The SMILES string of the molecule is C#CCn1c(C(C)C)nc(C2CC2)c1N. The highest BCUT2D eigenvalue weighted by molar-refractivity contribution is 5.43. The Labute approximate surface area is 90.7 Å². The molecule has 1 fully saturated rings. The van der Waals surface area contributed by atoms with Crippen LogP contribution in [0.15, 0.2) is 0 Å². The van der Waals surface area contributed by atoms with Crippen molar-refractivity contribution in [3.8, 4) is 12.3 Å². The number of aromatic nitrogens is 2. The lowest BCUT2D eigenvalue weighted by Gasteiger charge is -2.08. The number of terminal acetylenes is 1. The molecular formula is C12H17N3. The van der Waals surface area contributed by atoms with Crippen LogP contribution >= 0.6 is 0 Å². The summed E-state index contributed by atoms with van der Waals surface area (Å²) in [6, 6.07) is 0. The Kier molecular flexibility index (Phi) is 2.44. The molecule has 1 aliphatic carbocycles. The Morgan fingerprint density at radius 1 is 1.60 bits per heavy atom. The number of nitrogens with two attached hydrogens (primary N) is 1. The number of imidazole rings is 1. The fraction of sp³-hybridized carbons (Fsp3) is 0.583. The first-order chi connectivity index (χ1) is 7.15. The zero-order valence-electron chi connectivity index (χ0n) is 9.33. The van der Waals surface area contributed by atoms with Crippen LogP contribution in [0.3, 0.4) is 0 Å². The second-order valence-electron chi connectivity index (χ2n) is 4.46. The van der Waals surface area contributed by atoms with Crippen molar-refractivity contribution in [1.29, 1.82) is 0 Å². The van der Waals surface area contributed by atoms with Crippen LogP contribution in [0.4, 0.5) is 5.82 Å². The van der Waals surface area contributed by atoms with E-state index in [1.807, 2.05) is 4.57 Å². The van der Waals surface area contributed by atoms with Crippen molar-refractivity contribution in [3.05, 3.63) is 11.5 Å². The third kappa shape index (κ3) is 1.72. The Morgan fingerprint density at radius 2 is 2.27 bits per heavy atom. The molecule has 0 amide bonds. The summed E-state index contributed by atoms with van der Waals surface area (Å²) in [6.45, 7) is 4.76. The topological polar surface area (TPSA) is 43.8 Å². The minimum atomic E-state index is 0.369. The molecule has 0 aromatic carbocycles. The Bertz CT molecular complexity index is 405. The third-order valence-corrected chi connectivity index (χ3v) is 2.79. The van der Waals surface area contributed by atoms with Crippen molar-refractivity contribution < 1.29 is 0 Å². The van der Waals surface area contributed by atoms with E-state index < -0.39 is 0 Å². The Balaban J connectivity index is 2.44. The molecule has 0 saturated heterocycles. The molecule has 1 aromatic heterocycles. The quantitative estimate of drug-likeness (QED) is 0.764. The van der Waals surface area contributed by atoms with E-state index in [4.69, 9.17) is 12.2 Å². The fourth-order valence-corrected chi connectivity index (χ4v) is 1.86. The molecule has 3 heteroatoms. The molecule has 1 aromatic rings. The number of nitrogen functional groups attached to an aromatic ring is 1. The van der Waals surface area contributed by atoms with Gasteiger partial charge in [-0.1, -0.05) is 19.8 Å². The minimum Gasteiger partial charge on any atom is -0.384 e. The van der Waals surface area contributed by atoms with Gasteiger partial charge in [-0.25, -0.2) is 4.98 Å². The highest BCUT2D eigenvalue weighted by Gasteiger charge is 2.30. The van der Waals surface area contributed by atoms with E-state index in [0.717, 1.165) is 17.3 Å². The molecule has 1 saturated carbocycles. The van der Waals surface area contributed by atoms with Gasteiger partial charge < -0.3 is 10.3 Å². The smallest absolute Gasteiger partial charge is 0.127 e. The maximum Gasteiger partial charge on any atom is 0.127 e. The van der Waals surface area contributed by atoms with Gasteiger partial charge in [-0.15, -0.1) is 6.42 Å². The maximum absolute atomic E-state index is 6.07. The molecule has 15 heavy (non-hydrogen) atoms. The van der Waals surface area contributed by atoms with Gasteiger partial charge >= 0.3 is 0 Å². The van der Waals surface area contributed by atoms with Crippen molar-refractivity contribution in [2.75, 3.05) is 5.73 Å². The molecule has 0 spiro atoms. The number of hydrogen-bond acceptors (Lipinski definition) is 2. The molecule has 0 aliphatic heterocycles. The molecule has 3 nitrogen and oxygen atoms in total. The summed E-state index contributed by atoms with van der Waals surface area (Å²) in [5.74, 6) is 5.39. The number of anilines is 1. The van der Waals surface area contributed by atoms with Gasteiger partial charge in [-0.05, 0) is 12.8 Å². The van der Waals surface area contributed by atoms with Crippen LogP contribution in [0.5, 0.6) is 0 Å². The summed E-state index contributed by atoms with van der Waals surface area (Å²) in [6.07, 6.45) is 7.78. The van der Waals surface area contributed by atoms with Crippen LogP contribution in [0.1, 0.15) is 50.0 Å².